The molecule has 1 aromatic rings. The Morgan fingerprint density at radius 3 is 3.06 bits per heavy atom. The highest BCUT2D eigenvalue weighted by Crippen LogP contribution is 2.26. The monoisotopic (exact) mass is 234 g/mol. The quantitative estimate of drug-likeness (QED) is 0.816. The molecule has 1 heterocycles. The summed E-state index contributed by atoms with van der Waals surface area (Å²) in [5.74, 6) is 0.890. The summed E-state index contributed by atoms with van der Waals surface area (Å²) < 4.78 is 5.20. The Hall–Kier alpha value is -1.71. The SMILES string of the molecule is COc1ccc2c(c1)NCCC(NC(C)=O)C2. The molecule has 1 atom stereocenters. The van der Waals surface area contributed by atoms with Gasteiger partial charge < -0.3 is 15.4 Å². The van der Waals surface area contributed by atoms with Crippen molar-refractivity contribution < 1.29 is 9.53 Å². The maximum Gasteiger partial charge on any atom is 0.217 e. The fourth-order valence-electron chi connectivity index (χ4n) is 2.18. The van der Waals surface area contributed by atoms with Crippen LogP contribution in [0.1, 0.15) is 18.9 Å². The molecule has 0 fully saturated rings. The first-order valence-corrected chi connectivity index (χ1v) is 5.87. The number of amides is 1. The van der Waals surface area contributed by atoms with Gasteiger partial charge in [-0.25, -0.2) is 0 Å². The van der Waals surface area contributed by atoms with E-state index in [1.54, 1.807) is 14.0 Å². The topological polar surface area (TPSA) is 50.4 Å². The summed E-state index contributed by atoms with van der Waals surface area (Å²) >= 11 is 0. The van der Waals surface area contributed by atoms with Crippen molar-refractivity contribution >= 4 is 11.6 Å². The Labute approximate surface area is 101 Å². The van der Waals surface area contributed by atoms with Crippen molar-refractivity contribution in [3.63, 3.8) is 0 Å². The molecule has 1 aromatic carbocycles. The lowest BCUT2D eigenvalue weighted by Gasteiger charge is -2.15. The maximum absolute atomic E-state index is 11.1. The second-order valence-electron chi connectivity index (χ2n) is 4.34. The molecule has 0 saturated carbocycles. The minimum Gasteiger partial charge on any atom is -0.497 e. The molecule has 0 bridgehead atoms. The summed E-state index contributed by atoms with van der Waals surface area (Å²) in [6.07, 6.45) is 1.81. The molecule has 4 nitrogen and oxygen atoms in total. The van der Waals surface area contributed by atoms with Crippen LogP contribution in [0.5, 0.6) is 5.75 Å². The van der Waals surface area contributed by atoms with Crippen LogP contribution in [0.15, 0.2) is 18.2 Å². The van der Waals surface area contributed by atoms with Gasteiger partial charge in [-0.05, 0) is 24.5 Å². The number of anilines is 1. The van der Waals surface area contributed by atoms with Gasteiger partial charge in [0.1, 0.15) is 5.75 Å². The molecule has 17 heavy (non-hydrogen) atoms. The molecule has 0 saturated heterocycles. The van der Waals surface area contributed by atoms with Crippen molar-refractivity contribution in [3.05, 3.63) is 23.8 Å². The van der Waals surface area contributed by atoms with Gasteiger partial charge in [-0.15, -0.1) is 0 Å². The number of benzene rings is 1. The van der Waals surface area contributed by atoms with Gasteiger partial charge in [0.15, 0.2) is 0 Å². The summed E-state index contributed by atoms with van der Waals surface area (Å²) in [5.41, 5.74) is 2.33. The number of hydrogen-bond acceptors (Lipinski definition) is 3. The Morgan fingerprint density at radius 1 is 1.53 bits per heavy atom. The van der Waals surface area contributed by atoms with Crippen LogP contribution >= 0.6 is 0 Å². The van der Waals surface area contributed by atoms with E-state index in [4.69, 9.17) is 4.74 Å². The molecule has 1 aliphatic rings. The number of rotatable bonds is 2. The van der Waals surface area contributed by atoms with Crippen LogP contribution in [0.3, 0.4) is 0 Å². The zero-order chi connectivity index (χ0) is 12.3. The molecule has 1 amide bonds. The molecule has 0 radical (unpaired) electrons. The lowest BCUT2D eigenvalue weighted by Crippen LogP contribution is -2.35. The van der Waals surface area contributed by atoms with Crippen LogP contribution < -0.4 is 15.4 Å². The number of ether oxygens (including phenoxy) is 1. The predicted molar refractivity (Wildman–Crippen MR) is 67.4 cm³/mol. The molecule has 0 spiro atoms. The van der Waals surface area contributed by atoms with Crippen LogP contribution in [0.2, 0.25) is 0 Å². The second-order valence-corrected chi connectivity index (χ2v) is 4.34. The highest BCUT2D eigenvalue weighted by Gasteiger charge is 2.17. The van der Waals surface area contributed by atoms with E-state index in [9.17, 15) is 4.79 Å². The van der Waals surface area contributed by atoms with Gasteiger partial charge in [0.25, 0.3) is 0 Å². The molecule has 92 valence electrons. The van der Waals surface area contributed by atoms with Crippen LogP contribution in [-0.4, -0.2) is 25.6 Å². The Bertz CT molecular complexity index is 418. The van der Waals surface area contributed by atoms with Crippen LogP contribution in [0.25, 0.3) is 0 Å². The van der Waals surface area contributed by atoms with Crippen molar-refractivity contribution in [2.75, 3.05) is 19.0 Å². The van der Waals surface area contributed by atoms with E-state index in [2.05, 4.69) is 16.7 Å². The number of methoxy groups -OCH3 is 1. The molecule has 1 aliphatic heterocycles. The minimum absolute atomic E-state index is 0.0342. The van der Waals surface area contributed by atoms with Gasteiger partial charge >= 0.3 is 0 Å². The summed E-state index contributed by atoms with van der Waals surface area (Å²) in [5, 5.41) is 6.35. The van der Waals surface area contributed by atoms with E-state index in [-0.39, 0.29) is 11.9 Å². The molecule has 2 rings (SSSR count). The highest BCUT2D eigenvalue weighted by molar-refractivity contribution is 5.73. The number of carbonyl (C=O) groups excluding carboxylic acids is 1. The summed E-state index contributed by atoms with van der Waals surface area (Å²) in [7, 11) is 1.67. The van der Waals surface area contributed by atoms with Gasteiger partial charge in [0.2, 0.25) is 5.91 Å². The maximum atomic E-state index is 11.1. The first-order chi connectivity index (χ1) is 8.19. The smallest absolute Gasteiger partial charge is 0.217 e. The third-order valence-corrected chi connectivity index (χ3v) is 3.00. The van der Waals surface area contributed by atoms with Gasteiger partial charge in [-0.3, -0.25) is 4.79 Å². The van der Waals surface area contributed by atoms with Gasteiger partial charge in [-0.2, -0.15) is 0 Å². The summed E-state index contributed by atoms with van der Waals surface area (Å²) in [6.45, 7) is 2.43. The first-order valence-electron chi connectivity index (χ1n) is 5.87. The van der Waals surface area contributed by atoms with E-state index >= 15 is 0 Å². The average molecular weight is 234 g/mol. The van der Waals surface area contributed by atoms with E-state index < -0.39 is 0 Å². The van der Waals surface area contributed by atoms with Gasteiger partial charge in [-0.1, -0.05) is 6.07 Å². The average Bonchev–Trinajstić information content (AvgIpc) is 2.48. The van der Waals surface area contributed by atoms with Crippen molar-refractivity contribution in [1.82, 2.24) is 5.32 Å². The fraction of sp³-hybridized carbons (Fsp3) is 0.462. The number of nitrogens with one attached hydrogen (secondary N) is 2. The first kappa shape index (κ1) is 11.8. The van der Waals surface area contributed by atoms with E-state index in [0.29, 0.717) is 0 Å². The van der Waals surface area contributed by atoms with Crippen molar-refractivity contribution in [3.8, 4) is 5.75 Å². The lowest BCUT2D eigenvalue weighted by molar-refractivity contribution is -0.119. The van der Waals surface area contributed by atoms with Crippen LogP contribution in [0, 0.1) is 0 Å². The third kappa shape index (κ3) is 2.90. The molecule has 0 aliphatic carbocycles. The third-order valence-electron chi connectivity index (χ3n) is 3.00. The summed E-state index contributed by atoms with van der Waals surface area (Å²) in [4.78, 5) is 11.1. The normalized spacial score (nSPS) is 18.6. The largest absolute Gasteiger partial charge is 0.497 e. The standard InChI is InChI=1S/C13H18N2O2/c1-9(16)15-11-5-6-14-13-8-12(17-2)4-3-10(13)7-11/h3-4,8,11,14H,5-7H2,1-2H3,(H,15,16). The highest BCUT2D eigenvalue weighted by atomic mass is 16.5. The number of fused-ring (bicyclic) bond motifs is 1. The second kappa shape index (κ2) is 5.08. The van der Waals surface area contributed by atoms with Gasteiger partial charge in [0.05, 0.1) is 7.11 Å². The van der Waals surface area contributed by atoms with E-state index in [0.717, 1.165) is 30.8 Å². The Balaban J connectivity index is 2.17. The Morgan fingerprint density at radius 2 is 2.35 bits per heavy atom. The predicted octanol–water partition coefficient (Wildman–Crippen LogP) is 1.56. The van der Waals surface area contributed by atoms with Crippen LogP contribution in [-0.2, 0) is 11.2 Å². The lowest BCUT2D eigenvalue weighted by atomic mass is 10.0. The fourth-order valence-corrected chi connectivity index (χ4v) is 2.18. The molecular weight excluding hydrogens is 216 g/mol. The van der Waals surface area contributed by atoms with Gasteiger partial charge in [0, 0.05) is 31.3 Å². The molecular formula is C13H18N2O2. The molecule has 2 N–H and O–H groups in total. The Kier molecular flexibility index (Phi) is 3.52. The van der Waals surface area contributed by atoms with E-state index in [1.807, 2.05) is 12.1 Å². The molecule has 1 unspecified atom stereocenters. The summed E-state index contributed by atoms with van der Waals surface area (Å²) in [6, 6.07) is 6.23. The minimum atomic E-state index is 0.0342. The molecule has 4 heteroatoms. The number of hydrogen-bond donors (Lipinski definition) is 2. The van der Waals surface area contributed by atoms with E-state index in [1.165, 1.54) is 5.56 Å². The molecule has 0 aromatic heterocycles. The van der Waals surface area contributed by atoms with Crippen molar-refractivity contribution in [1.29, 1.82) is 0 Å². The zero-order valence-electron chi connectivity index (χ0n) is 10.2. The van der Waals surface area contributed by atoms with Crippen molar-refractivity contribution in [2.24, 2.45) is 0 Å². The number of carbonyl (C=O) groups is 1. The zero-order valence-corrected chi connectivity index (χ0v) is 10.2. The van der Waals surface area contributed by atoms with Crippen LogP contribution in [0.4, 0.5) is 5.69 Å². The van der Waals surface area contributed by atoms with Crippen molar-refractivity contribution in [2.45, 2.75) is 25.8 Å².